The minimum absolute atomic E-state index is 0.0369. The van der Waals surface area contributed by atoms with Gasteiger partial charge in [0.05, 0.1) is 11.1 Å². The molecule has 3 aromatic carbocycles. The second-order valence-corrected chi connectivity index (χ2v) is 6.56. The fourth-order valence-electron chi connectivity index (χ4n) is 3.33. The Morgan fingerprint density at radius 3 is 2.69 bits per heavy atom. The molecule has 0 aliphatic heterocycles. The van der Waals surface area contributed by atoms with Gasteiger partial charge in [-0.2, -0.15) is 5.10 Å². The number of nitro groups is 1. The van der Waals surface area contributed by atoms with E-state index < -0.39 is 10.8 Å². The van der Waals surface area contributed by atoms with Crippen molar-refractivity contribution >= 4 is 17.8 Å². The SMILES string of the molecule is O=C(COc1ccccc1[N+](=O)[O-])N/N=C/c1ccc2c(c1)Cc1ccccc1-2. The monoisotopic (exact) mass is 387 g/mol. The van der Waals surface area contributed by atoms with E-state index >= 15 is 0 Å². The van der Waals surface area contributed by atoms with E-state index in [1.165, 1.54) is 40.5 Å². The van der Waals surface area contributed by atoms with Gasteiger partial charge < -0.3 is 4.74 Å². The van der Waals surface area contributed by atoms with Gasteiger partial charge in [-0.25, -0.2) is 5.43 Å². The predicted octanol–water partition coefficient (Wildman–Crippen LogP) is 3.70. The molecule has 0 aromatic heterocycles. The van der Waals surface area contributed by atoms with Crippen LogP contribution in [0.4, 0.5) is 5.69 Å². The van der Waals surface area contributed by atoms with E-state index in [9.17, 15) is 14.9 Å². The first-order valence-electron chi connectivity index (χ1n) is 9.01. The molecule has 4 rings (SSSR count). The van der Waals surface area contributed by atoms with Crippen molar-refractivity contribution in [2.45, 2.75) is 6.42 Å². The summed E-state index contributed by atoms with van der Waals surface area (Å²) in [5, 5.41) is 14.9. The number of hydrogen-bond acceptors (Lipinski definition) is 5. The van der Waals surface area contributed by atoms with Crippen molar-refractivity contribution in [2.75, 3.05) is 6.61 Å². The molecule has 0 saturated carbocycles. The van der Waals surface area contributed by atoms with Crippen molar-refractivity contribution in [3.05, 3.63) is 93.5 Å². The summed E-state index contributed by atoms with van der Waals surface area (Å²) in [4.78, 5) is 22.3. The molecule has 0 atom stereocenters. The van der Waals surface area contributed by atoms with E-state index in [2.05, 4.69) is 34.8 Å². The molecule has 0 heterocycles. The number of nitro benzene ring substituents is 1. The van der Waals surface area contributed by atoms with Crippen LogP contribution in [0.5, 0.6) is 5.75 Å². The van der Waals surface area contributed by atoms with Gasteiger partial charge in [0, 0.05) is 6.07 Å². The van der Waals surface area contributed by atoms with E-state index in [4.69, 9.17) is 4.74 Å². The summed E-state index contributed by atoms with van der Waals surface area (Å²) in [6, 6.07) is 20.3. The van der Waals surface area contributed by atoms with Crippen LogP contribution in [0, 0.1) is 10.1 Å². The lowest BCUT2D eigenvalue weighted by molar-refractivity contribution is -0.385. The van der Waals surface area contributed by atoms with Crippen LogP contribution in [-0.2, 0) is 11.2 Å². The Morgan fingerprint density at radius 1 is 1.07 bits per heavy atom. The maximum atomic E-state index is 11.9. The smallest absolute Gasteiger partial charge is 0.310 e. The van der Waals surface area contributed by atoms with Gasteiger partial charge in [0.1, 0.15) is 0 Å². The normalized spacial score (nSPS) is 11.7. The zero-order valence-electron chi connectivity index (χ0n) is 15.4. The standard InChI is InChI=1S/C22H17N3O4/c26-22(14-29-21-8-4-3-7-20(21)25(27)28)24-23-13-15-9-10-19-17(11-15)12-16-5-1-2-6-18(16)19/h1-11,13H,12,14H2,(H,24,26)/b23-13+. The van der Waals surface area contributed by atoms with E-state index in [1.807, 2.05) is 18.2 Å². The predicted molar refractivity (Wildman–Crippen MR) is 109 cm³/mol. The fourth-order valence-corrected chi connectivity index (χ4v) is 3.33. The number of nitrogens with one attached hydrogen (secondary N) is 1. The van der Waals surface area contributed by atoms with Gasteiger partial charge in [0.15, 0.2) is 12.4 Å². The van der Waals surface area contributed by atoms with Crippen molar-refractivity contribution < 1.29 is 14.5 Å². The van der Waals surface area contributed by atoms with Gasteiger partial charge in [0.2, 0.25) is 0 Å². The van der Waals surface area contributed by atoms with Gasteiger partial charge in [-0.15, -0.1) is 0 Å². The highest BCUT2D eigenvalue weighted by Gasteiger charge is 2.17. The third-order valence-electron chi connectivity index (χ3n) is 4.64. The third-order valence-corrected chi connectivity index (χ3v) is 4.64. The van der Waals surface area contributed by atoms with Crippen molar-refractivity contribution in [1.29, 1.82) is 0 Å². The summed E-state index contributed by atoms with van der Waals surface area (Å²) in [5.74, 6) is -0.470. The average Bonchev–Trinajstić information content (AvgIpc) is 3.10. The zero-order chi connectivity index (χ0) is 20.2. The first kappa shape index (κ1) is 18.4. The van der Waals surface area contributed by atoms with Crippen LogP contribution in [-0.4, -0.2) is 23.7 Å². The summed E-state index contributed by atoms with van der Waals surface area (Å²) in [6.45, 7) is -0.373. The molecule has 29 heavy (non-hydrogen) atoms. The minimum atomic E-state index is -0.558. The van der Waals surface area contributed by atoms with Crippen molar-refractivity contribution in [1.82, 2.24) is 5.43 Å². The number of amides is 1. The topological polar surface area (TPSA) is 93.8 Å². The van der Waals surface area contributed by atoms with Gasteiger partial charge in [0.25, 0.3) is 5.91 Å². The lowest BCUT2D eigenvalue weighted by Crippen LogP contribution is -2.24. The van der Waals surface area contributed by atoms with Crippen LogP contribution in [0.25, 0.3) is 11.1 Å². The Hall–Kier alpha value is -4.00. The largest absolute Gasteiger partial charge is 0.477 e. The molecule has 3 aromatic rings. The molecule has 1 aliphatic rings. The van der Waals surface area contributed by atoms with Crippen molar-refractivity contribution in [3.63, 3.8) is 0 Å². The number of hydrogen-bond donors (Lipinski definition) is 1. The molecule has 1 amide bonds. The number of nitrogens with zero attached hydrogens (tertiary/aromatic N) is 2. The Labute approximate surface area is 166 Å². The molecule has 7 nitrogen and oxygen atoms in total. The summed E-state index contributed by atoms with van der Waals surface area (Å²) in [5.41, 5.74) is 8.05. The maximum absolute atomic E-state index is 11.9. The minimum Gasteiger partial charge on any atom is -0.477 e. The first-order chi connectivity index (χ1) is 14.1. The second-order valence-electron chi connectivity index (χ2n) is 6.56. The third kappa shape index (κ3) is 3.98. The van der Waals surface area contributed by atoms with Crippen LogP contribution in [0.15, 0.2) is 71.8 Å². The van der Waals surface area contributed by atoms with Gasteiger partial charge in [-0.3, -0.25) is 14.9 Å². The Kier molecular flexibility index (Phi) is 5.03. The van der Waals surface area contributed by atoms with Crippen LogP contribution in [0.2, 0.25) is 0 Å². The van der Waals surface area contributed by atoms with Crippen LogP contribution in [0.1, 0.15) is 16.7 Å². The van der Waals surface area contributed by atoms with Gasteiger partial charge >= 0.3 is 5.69 Å². The Bertz CT molecular complexity index is 1120. The van der Waals surface area contributed by atoms with Gasteiger partial charge in [-0.05, 0) is 46.4 Å². The van der Waals surface area contributed by atoms with Crippen LogP contribution in [0.3, 0.4) is 0 Å². The molecule has 0 unspecified atom stereocenters. The van der Waals surface area contributed by atoms with E-state index in [-0.39, 0.29) is 18.0 Å². The van der Waals surface area contributed by atoms with Crippen molar-refractivity contribution in [2.24, 2.45) is 5.10 Å². The molecule has 1 N–H and O–H groups in total. The summed E-state index contributed by atoms with van der Waals surface area (Å²) in [6.07, 6.45) is 2.44. The van der Waals surface area contributed by atoms with Gasteiger partial charge in [-0.1, -0.05) is 48.5 Å². The molecule has 0 bridgehead atoms. The first-order valence-corrected chi connectivity index (χ1v) is 9.01. The summed E-state index contributed by atoms with van der Waals surface area (Å²) in [7, 11) is 0. The van der Waals surface area contributed by atoms with Crippen LogP contribution < -0.4 is 10.2 Å². The fraction of sp³-hybridized carbons (Fsp3) is 0.0909. The maximum Gasteiger partial charge on any atom is 0.310 e. The molecular formula is C22H17N3O4. The average molecular weight is 387 g/mol. The molecule has 144 valence electrons. The lowest BCUT2D eigenvalue weighted by atomic mass is 10.0. The molecular weight excluding hydrogens is 370 g/mol. The number of fused-ring (bicyclic) bond motifs is 3. The number of ether oxygens (including phenoxy) is 1. The molecule has 1 aliphatic carbocycles. The highest BCUT2D eigenvalue weighted by atomic mass is 16.6. The number of carbonyl (C=O) groups is 1. The highest BCUT2D eigenvalue weighted by molar-refractivity contribution is 5.86. The second kappa shape index (κ2) is 7.93. The summed E-state index contributed by atoms with van der Waals surface area (Å²) < 4.78 is 5.23. The molecule has 0 fully saturated rings. The number of benzene rings is 3. The quantitative estimate of drug-likeness (QED) is 0.310. The summed E-state index contributed by atoms with van der Waals surface area (Å²) >= 11 is 0. The Balaban J connectivity index is 1.35. The lowest BCUT2D eigenvalue weighted by Gasteiger charge is -2.05. The highest BCUT2D eigenvalue weighted by Crippen LogP contribution is 2.36. The number of rotatable bonds is 6. The Morgan fingerprint density at radius 2 is 1.83 bits per heavy atom. The number of para-hydroxylation sites is 2. The zero-order valence-corrected chi connectivity index (χ0v) is 15.4. The molecule has 0 spiro atoms. The van der Waals surface area contributed by atoms with E-state index in [0.29, 0.717) is 0 Å². The molecule has 0 saturated heterocycles. The number of hydrazone groups is 1. The van der Waals surface area contributed by atoms with Crippen LogP contribution >= 0.6 is 0 Å². The number of carbonyl (C=O) groups excluding carboxylic acids is 1. The molecule has 0 radical (unpaired) electrons. The van der Waals surface area contributed by atoms with E-state index in [1.54, 1.807) is 12.3 Å². The van der Waals surface area contributed by atoms with E-state index in [0.717, 1.165) is 12.0 Å². The molecule has 7 heteroatoms. The van der Waals surface area contributed by atoms with Crippen molar-refractivity contribution in [3.8, 4) is 16.9 Å².